The summed E-state index contributed by atoms with van der Waals surface area (Å²) in [6.45, 7) is 9.79. The Labute approximate surface area is 104 Å². The maximum absolute atomic E-state index is 5.58. The predicted octanol–water partition coefficient (Wildman–Crippen LogP) is 0.615. The highest BCUT2D eigenvalue weighted by atomic mass is 16.5. The number of ether oxygens (including phenoxy) is 2. The van der Waals surface area contributed by atoms with E-state index in [1.165, 1.54) is 0 Å². The largest absolute Gasteiger partial charge is 0.381 e. The first kappa shape index (κ1) is 14.3. The molecule has 1 rings (SSSR count). The Morgan fingerprint density at radius 3 is 2.71 bits per heavy atom. The van der Waals surface area contributed by atoms with Crippen molar-refractivity contribution < 1.29 is 9.47 Å². The van der Waals surface area contributed by atoms with Crippen LogP contribution < -0.4 is 10.6 Å². The van der Waals surface area contributed by atoms with Gasteiger partial charge < -0.3 is 20.1 Å². The Bertz CT molecular complexity index is 208. The molecule has 1 aliphatic rings. The second kappa shape index (κ2) is 9.24. The maximum atomic E-state index is 5.58. The van der Waals surface area contributed by atoms with Gasteiger partial charge in [-0.1, -0.05) is 0 Å². The highest BCUT2D eigenvalue weighted by Crippen LogP contribution is 2.11. The lowest BCUT2D eigenvalue weighted by molar-refractivity contribution is 0.0950. The second-order valence-corrected chi connectivity index (χ2v) is 4.10. The molecule has 100 valence electrons. The topological polar surface area (TPSA) is 54.9 Å². The summed E-state index contributed by atoms with van der Waals surface area (Å²) < 4.78 is 10.9. The van der Waals surface area contributed by atoms with Crippen molar-refractivity contribution in [2.24, 2.45) is 10.9 Å². The molecule has 0 aromatic heterocycles. The van der Waals surface area contributed by atoms with E-state index >= 15 is 0 Å². The van der Waals surface area contributed by atoms with Crippen LogP contribution in [0.2, 0.25) is 0 Å². The molecule has 0 aromatic carbocycles. The van der Waals surface area contributed by atoms with Gasteiger partial charge in [-0.25, -0.2) is 0 Å². The summed E-state index contributed by atoms with van der Waals surface area (Å²) in [7, 11) is 0. The summed E-state index contributed by atoms with van der Waals surface area (Å²) >= 11 is 0. The predicted molar refractivity (Wildman–Crippen MR) is 69.4 cm³/mol. The normalized spacial score (nSPS) is 19.1. The second-order valence-electron chi connectivity index (χ2n) is 4.10. The maximum Gasteiger partial charge on any atom is 0.191 e. The van der Waals surface area contributed by atoms with E-state index in [-0.39, 0.29) is 0 Å². The van der Waals surface area contributed by atoms with E-state index in [0.29, 0.717) is 19.1 Å². The van der Waals surface area contributed by atoms with Crippen LogP contribution in [-0.2, 0) is 9.47 Å². The number of aliphatic imine (C=N–C) groups is 1. The highest BCUT2D eigenvalue weighted by Gasteiger charge is 2.14. The summed E-state index contributed by atoms with van der Waals surface area (Å²) in [5.41, 5.74) is 0. The van der Waals surface area contributed by atoms with E-state index in [2.05, 4.69) is 29.5 Å². The van der Waals surface area contributed by atoms with Gasteiger partial charge in [-0.05, 0) is 20.3 Å². The van der Waals surface area contributed by atoms with Crippen molar-refractivity contribution in [3.05, 3.63) is 0 Å². The Morgan fingerprint density at radius 2 is 2.12 bits per heavy atom. The summed E-state index contributed by atoms with van der Waals surface area (Å²) in [5.74, 6) is 1.45. The van der Waals surface area contributed by atoms with Gasteiger partial charge in [0.05, 0.1) is 26.4 Å². The van der Waals surface area contributed by atoms with Crippen molar-refractivity contribution in [2.75, 3.05) is 46.1 Å². The SMILES string of the molecule is CCNC(=NCCOC[C@@H]1CCOC1)NCC. The van der Waals surface area contributed by atoms with Crippen LogP contribution in [0.25, 0.3) is 0 Å². The highest BCUT2D eigenvalue weighted by molar-refractivity contribution is 5.79. The number of guanidine groups is 1. The third-order valence-electron chi connectivity index (χ3n) is 2.57. The van der Waals surface area contributed by atoms with Crippen molar-refractivity contribution in [1.82, 2.24) is 10.6 Å². The Kier molecular flexibility index (Phi) is 7.75. The third kappa shape index (κ3) is 6.48. The molecule has 1 saturated heterocycles. The minimum Gasteiger partial charge on any atom is -0.381 e. The number of nitrogens with zero attached hydrogens (tertiary/aromatic N) is 1. The molecule has 0 amide bonds. The van der Waals surface area contributed by atoms with E-state index in [1.807, 2.05) is 0 Å². The van der Waals surface area contributed by atoms with Gasteiger partial charge in [0.2, 0.25) is 0 Å². The first-order valence-electron chi connectivity index (χ1n) is 6.54. The minimum atomic E-state index is 0.584. The van der Waals surface area contributed by atoms with Crippen molar-refractivity contribution >= 4 is 5.96 Å². The average Bonchev–Trinajstić information content (AvgIpc) is 2.82. The standard InChI is InChI=1S/C12H25N3O2/c1-3-13-12(14-4-2)15-6-8-17-10-11-5-7-16-9-11/h11H,3-10H2,1-2H3,(H2,13,14,15)/t11-/m1/s1. The van der Waals surface area contributed by atoms with Gasteiger partial charge in [-0.2, -0.15) is 0 Å². The molecule has 1 atom stereocenters. The fraction of sp³-hybridized carbons (Fsp3) is 0.917. The van der Waals surface area contributed by atoms with Crippen LogP contribution in [0.1, 0.15) is 20.3 Å². The number of nitrogens with one attached hydrogen (secondary N) is 2. The molecule has 0 spiro atoms. The minimum absolute atomic E-state index is 0.584. The average molecular weight is 243 g/mol. The van der Waals surface area contributed by atoms with Gasteiger partial charge in [-0.3, -0.25) is 4.99 Å². The van der Waals surface area contributed by atoms with E-state index in [1.54, 1.807) is 0 Å². The number of rotatable bonds is 7. The van der Waals surface area contributed by atoms with Crippen LogP contribution in [0.4, 0.5) is 0 Å². The van der Waals surface area contributed by atoms with Gasteiger partial charge in [0, 0.05) is 25.6 Å². The van der Waals surface area contributed by atoms with Gasteiger partial charge >= 0.3 is 0 Å². The van der Waals surface area contributed by atoms with Crippen LogP contribution >= 0.6 is 0 Å². The van der Waals surface area contributed by atoms with E-state index in [0.717, 1.165) is 45.3 Å². The van der Waals surface area contributed by atoms with E-state index < -0.39 is 0 Å². The zero-order valence-electron chi connectivity index (χ0n) is 11.0. The van der Waals surface area contributed by atoms with Crippen LogP contribution in [0.5, 0.6) is 0 Å². The molecule has 2 N–H and O–H groups in total. The van der Waals surface area contributed by atoms with Gasteiger partial charge in [0.1, 0.15) is 0 Å². The van der Waals surface area contributed by atoms with Crippen LogP contribution in [-0.4, -0.2) is 52.0 Å². The zero-order valence-corrected chi connectivity index (χ0v) is 11.0. The molecule has 0 aromatic rings. The lowest BCUT2D eigenvalue weighted by Crippen LogP contribution is -2.37. The lowest BCUT2D eigenvalue weighted by atomic mass is 10.1. The monoisotopic (exact) mass is 243 g/mol. The molecule has 17 heavy (non-hydrogen) atoms. The van der Waals surface area contributed by atoms with Crippen molar-refractivity contribution in [3.63, 3.8) is 0 Å². The van der Waals surface area contributed by atoms with E-state index in [9.17, 15) is 0 Å². The van der Waals surface area contributed by atoms with Crippen molar-refractivity contribution in [1.29, 1.82) is 0 Å². The van der Waals surface area contributed by atoms with Crippen molar-refractivity contribution in [3.8, 4) is 0 Å². The Hall–Kier alpha value is -0.810. The summed E-state index contributed by atoms with van der Waals surface area (Å²) in [4.78, 5) is 4.41. The summed E-state index contributed by atoms with van der Waals surface area (Å²) in [6, 6.07) is 0. The fourth-order valence-corrected chi connectivity index (χ4v) is 1.70. The van der Waals surface area contributed by atoms with Crippen LogP contribution in [0.15, 0.2) is 4.99 Å². The molecule has 0 aliphatic carbocycles. The smallest absolute Gasteiger partial charge is 0.191 e. The quantitative estimate of drug-likeness (QED) is 0.391. The molecule has 0 bridgehead atoms. The number of hydrogen-bond donors (Lipinski definition) is 2. The molecule has 5 heteroatoms. The van der Waals surface area contributed by atoms with Gasteiger partial charge in [0.25, 0.3) is 0 Å². The fourth-order valence-electron chi connectivity index (χ4n) is 1.70. The third-order valence-corrected chi connectivity index (χ3v) is 2.57. The molecule has 1 fully saturated rings. The molecule has 0 saturated carbocycles. The van der Waals surface area contributed by atoms with Crippen LogP contribution in [0.3, 0.4) is 0 Å². The van der Waals surface area contributed by atoms with Crippen LogP contribution in [0, 0.1) is 5.92 Å². The lowest BCUT2D eigenvalue weighted by Gasteiger charge is -2.10. The molecular weight excluding hydrogens is 218 g/mol. The van der Waals surface area contributed by atoms with Gasteiger partial charge in [-0.15, -0.1) is 0 Å². The molecule has 5 nitrogen and oxygen atoms in total. The number of hydrogen-bond acceptors (Lipinski definition) is 3. The Morgan fingerprint density at radius 1 is 1.35 bits per heavy atom. The Balaban J connectivity index is 2.05. The molecule has 1 aliphatic heterocycles. The molecule has 1 heterocycles. The molecule has 0 unspecified atom stereocenters. The summed E-state index contributed by atoms with van der Waals surface area (Å²) in [5, 5.41) is 6.36. The van der Waals surface area contributed by atoms with E-state index in [4.69, 9.17) is 9.47 Å². The zero-order chi connectivity index (χ0) is 12.3. The van der Waals surface area contributed by atoms with Gasteiger partial charge in [0.15, 0.2) is 5.96 Å². The summed E-state index contributed by atoms with van der Waals surface area (Å²) in [6.07, 6.45) is 1.13. The molecular formula is C12H25N3O2. The molecule has 0 radical (unpaired) electrons. The first-order valence-corrected chi connectivity index (χ1v) is 6.54. The van der Waals surface area contributed by atoms with Crippen molar-refractivity contribution in [2.45, 2.75) is 20.3 Å². The first-order chi connectivity index (χ1) is 8.36.